The van der Waals surface area contributed by atoms with E-state index < -0.39 is 0 Å². The molecule has 1 heterocycles. The lowest BCUT2D eigenvalue weighted by molar-refractivity contribution is 0.303. The summed E-state index contributed by atoms with van der Waals surface area (Å²) < 4.78 is 5.69. The lowest BCUT2D eigenvalue weighted by Gasteiger charge is -2.07. The molecule has 0 N–H and O–H groups in total. The van der Waals surface area contributed by atoms with Gasteiger partial charge in [-0.1, -0.05) is 34.1 Å². The number of para-hydroxylation sites is 1. The number of hydrogen-bond acceptors (Lipinski definition) is 3. The van der Waals surface area contributed by atoms with E-state index in [2.05, 4.69) is 20.9 Å². The first-order valence-electron chi connectivity index (χ1n) is 4.55. The number of rotatable bonds is 4. The Morgan fingerprint density at radius 3 is 2.93 bits per heavy atom. The van der Waals surface area contributed by atoms with E-state index >= 15 is 0 Å². The van der Waals surface area contributed by atoms with E-state index in [0.717, 1.165) is 21.7 Å². The van der Waals surface area contributed by atoms with Gasteiger partial charge < -0.3 is 4.74 Å². The van der Waals surface area contributed by atoms with Gasteiger partial charge in [-0.05, 0) is 6.07 Å². The highest BCUT2D eigenvalue weighted by Crippen LogP contribution is 2.21. The molecule has 0 saturated heterocycles. The van der Waals surface area contributed by atoms with E-state index in [-0.39, 0.29) is 0 Å². The van der Waals surface area contributed by atoms with Crippen LogP contribution in [0.25, 0.3) is 0 Å². The van der Waals surface area contributed by atoms with Gasteiger partial charge >= 0.3 is 0 Å². The molecule has 0 spiro atoms. The lowest BCUT2D eigenvalue weighted by Crippen LogP contribution is -1.96. The third-order valence-electron chi connectivity index (χ3n) is 1.95. The average Bonchev–Trinajstić information content (AvgIpc) is 2.79. The molecule has 0 aliphatic heterocycles. The minimum Gasteiger partial charge on any atom is -0.486 e. The Kier molecular flexibility index (Phi) is 3.75. The molecule has 0 saturated carbocycles. The van der Waals surface area contributed by atoms with Gasteiger partial charge in [0.05, 0.1) is 0 Å². The fraction of sp³-hybridized carbons (Fsp3) is 0.182. The monoisotopic (exact) mass is 283 g/mol. The molecule has 78 valence electrons. The lowest BCUT2D eigenvalue weighted by atomic mass is 10.2. The number of halogens is 1. The predicted molar refractivity (Wildman–Crippen MR) is 65.5 cm³/mol. The van der Waals surface area contributed by atoms with Gasteiger partial charge in [0, 0.05) is 22.5 Å². The second-order valence-electron chi connectivity index (χ2n) is 2.96. The van der Waals surface area contributed by atoms with Crippen LogP contribution >= 0.6 is 27.3 Å². The third kappa shape index (κ3) is 2.79. The van der Waals surface area contributed by atoms with E-state index in [0.29, 0.717) is 6.61 Å². The summed E-state index contributed by atoms with van der Waals surface area (Å²) >= 11 is 5.04. The predicted octanol–water partition coefficient (Wildman–Crippen LogP) is 3.62. The number of alkyl halides is 1. The summed E-state index contributed by atoms with van der Waals surface area (Å²) in [6.07, 6.45) is 1.79. The second-order valence-corrected chi connectivity index (χ2v) is 4.50. The van der Waals surface area contributed by atoms with Crippen LogP contribution in [0.15, 0.2) is 35.8 Å². The van der Waals surface area contributed by atoms with Crippen LogP contribution in [-0.4, -0.2) is 4.98 Å². The maximum Gasteiger partial charge on any atom is 0.140 e. The number of thiazole rings is 1. The molecular formula is C11H10BrNOS. The Morgan fingerprint density at radius 2 is 2.20 bits per heavy atom. The molecule has 2 rings (SSSR count). The zero-order valence-corrected chi connectivity index (χ0v) is 10.4. The van der Waals surface area contributed by atoms with Gasteiger partial charge in [-0.2, -0.15) is 0 Å². The maximum atomic E-state index is 5.69. The van der Waals surface area contributed by atoms with Gasteiger partial charge in [-0.25, -0.2) is 4.98 Å². The van der Waals surface area contributed by atoms with Gasteiger partial charge in [-0.15, -0.1) is 11.3 Å². The Balaban J connectivity index is 2.04. The first-order chi connectivity index (χ1) is 7.40. The van der Waals surface area contributed by atoms with Crippen LogP contribution in [0, 0.1) is 0 Å². The fourth-order valence-corrected chi connectivity index (χ4v) is 2.21. The Morgan fingerprint density at radius 1 is 1.33 bits per heavy atom. The van der Waals surface area contributed by atoms with Crippen molar-refractivity contribution >= 4 is 27.3 Å². The molecule has 0 atom stereocenters. The number of aromatic nitrogens is 1. The molecular weight excluding hydrogens is 274 g/mol. The topological polar surface area (TPSA) is 22.1 Å². The van der Waals surface area contributed by atoms with E-state index in [1.165, 1.54) is 0 Å². The summed E-state index contributed by atoms with van der Waals surface area (Å²) in [4.78, 5) is 4.17. The highest BCUT2D eigenvalue weighted by molar-refractivity contribution is 9.08. The van der Waals surface area contributed by atoms with E-state index in [9.17, 15) is 0 Å². The molecule has 1 aromatic heterocycles. The molecule has 0 unspecified atom stereocenters. The van der Waals surface area contributed by atoms with Gasteiger partial charge in [0.15, 0.2) is 0 Å². The smallest absolute Gasteiger partial charge is 0.140 e. The fourth-order valence-electron chi connectivity index (χ4n) is 1.22. The summed E-state index contributed by atoms with van der Waals surface area (Å²) in [5.74, 6) is 0.921. The third-order valence-corrected chi connectivity index (χ3v) is 3.31. The molecule has 2 nitrogen and oxygen atoms in total. The van der Waals surface area contributed by atoms with E-state index in [1.54, 1.807) is 17.5 Å². The number of nitrogens with zero attached hydrogens (tertiary/aromatic N) is 1. The van der Waals surface area contributed by atoms with Crippen LogP contribution < -0.4 is 4.74 Å². The van der Waals surface area contributed by atoms with Gasteiger partial charge in [0.25, 0.3) is 0 Å². The normalized spacial score (nSPS) is 10.2. The minimum atomic E-state index is 0.543. The summed E-state index contributed by atoms with van der Waals surface area (Å²) in [6.45, 7) is 0.543. The molecule has 2 aromatic rings. The van der Waals surface area contributed by atoms with Gasteiger partial charge in [0.1, 0.15) is 17.4 Å². The van der Waals surface area contributed by atoms with Crippen LogP contribution in [0.5, 0.6) is 5.75 Å². The summed E-state index contributed by atoms with van der Waals surface area (Å²) in [5, 5.41) is 3.76. The van der Waals surface area contributed by atoms with Gasteiger partial charge in [-0.3, -0.25) is 0 Å². The molecule has 0 aliphatic rings. The average molecular weight is 284 g/mol. The van der Waals surface area contributed by atoms with E-state index in [4.69, 9.17) is 4.74 Å². The van der Waals surface area contributed by atoms with Crippen molar-refractivity contribution in [2.45, 2.75) is 11.9 Å². The Hall–Kier alpha value is -0.870. The summed E-state index contributed by atoms with van der Waals surface area (Å²) in [7, 11) is 0. The van der Waals surface area contributed by atoms with Crippen LogP contribution in [0.2, 0.25) is 0 Å². The van der Waals surface area contributed by atoms with Crippen LogP contribution in [0.3, 0.4) is 0 Å². The Labute approximate surface area is 101 Å². The van der Waals surface area contributed by atoms with Crippen molar-refractivity contribution < 1.29 is 4.74 Å². The zero-order valence-electron chi connectivity index (χ0n) is 8.02. The van der Waals surface area contributed by atoms with Crippen molar-refractivity contribution in [3.8, 4) is 5.75 Å². The second kappa shape index (κ2) is 5.28. The first kappa shape index (κ1) is 10.6. The van der Waals surface area contributed by atoms with Crippen molar-refractivity contribution in [1.82, 2.24) is 4.98 Å². The first-order valence-corrected chi connectivity index (χ1v) is 6.55. The van der Waals surface area contributed by atoms with Crippen molar-refractivity contribution in [2.75, 3.05) is 0 Å². The minimum absolute atomic E-state index is 0.543. The molecule has 0 radical (unpaired) electrons. The molecule has 4 heteroatoms. The highest BCUT2D eigenvalue weighted by atomic mass is 79.9. The van der Waals surface area contributed by atoms with Crippen molar-refractivity contribution in [3.63, 3.8) is 0 Å². The SMILES string of the molecule is BrCc1ccccc1OCc1nccs1. The molecule has 1 aromatic carbocycles. The zero-order chi connectivity index (χ0) is 10.5. The van der Waals surface area contributed by atoms with E-state index in [1.807, 2.05) is 29.6 Å². The number of benzene rings is 1. The number of ether oxygens (including phenoxy) is 1. The maximum absolute atomic E-state index is 5.69. The molecule has 0 fully saturated rings. The van der Waals surface area contributed by atoms with Crippen LogP contribution in [-0.2, 0) is 11.9 Å². The highest BCUT2D eigenvalue weighted by Gasteiger charge is 2.02. The quantitative estimate of drug-likeness (QED) is 0.800. The molecule has 0 amide bonds. The standard InChI is InChI=1S/C11H10BrNOS/c12-7-9-3-1-2-4-10(9)14-8-11-13-5-6-15-11/h1-6H,7-8H2. The van der Waals surface area contributed by atoms with Crippen molar-refractivity contribution in [3.05, 3.63) is 46.4 Å². The molecule has 15 heavy (non-hydrogen) atoms. The molecule has 0 bridgehead atoms. The van der Waals surface area contributed by atoms with Crippen molar-refractivity contribution in [2.24, 2.45) is 0 Å². The number of hydrogen-bond donors (Lipinski definition) is 0. The van der Waals surface area contributed by atoms with Crippen molar-refractivity contribution in [1.29, 1.82) is 0 Å². The molecule has 0 aliphatic carbocycles. The largest absolute Gasteiger partial charge is 0.486 e. The summed E-state index contributed by atoms with van der Waals surface area (Å²) in [5.41, 5.74) is 1.16. The van der Waals surface area contributed by atoms with Crippen LogP contribution in [0.4, 0.5) is 0 Å². The Bertz CT molecular complexity index is 416. The van der Waals surface area contributed by atoms with Crippen LogP contribution in [0.1, 0.15) is 10.6 Å². The summed E-state index contributed by atoms with van der Waals surface area (Å²) in [6, 6.07) is 8.01. The van der Waals surface area contributed by atoms with Gasteiger partial charge in [0.2, 0.25) is 0 Å².